The van der Waals surface area contributed by atoms with Gasteiger partial charge in [0.15, 0.2) is 11.6 Å². The van der Waals surface area contributed by atoms with Gasteiger partial charge in [-0.3, -0.25) is 62.3 Å². The highest BCUT2D eigenvalue weighted by Gasteiger charge is 2.24. The topological polar surface area (TPSA) is 409 Å². The number of rotatable bonds is 88. The number of ketones is 9. The molecule has 5 N–H and O–H groups in total. The quantitative estimate of drug-likeness (QED) is 0.0353. The fraction of sp³-hybridized carbons (Fsp3) is 0.828. The molecule has 0 aromatic heterocycles. The summed E-state index contributed by atoms with van der Waals surface area (Å²) < 4.78 is 21.5. The van der Waals surface area contributed by atoms with Gasteiger partial charge in [-0.1, -0.05) is 218 Å². The zero-order chi connectivity index (χ0) is 89.9. The molecular formula is C93H163N3O24. The molecule has 0 aromatic carbocycles. The van der Waals surface area contributed by atoms with Gasteiger partial charge in [-0.25, -0.2) is 0 Å². The Hall–Kier alpha value is -6.84. The molecule has 27 heteroatoms. The van der Waals surface area contributed by atoms with E-state index in [4.69, 9.17) is 34.3 Å². The van der Waals surface area contributed by atoms with Crippen LogP contribution in [0.25, 0.3) is 0 Å². The lowest BCUT2D eigenvalue weighted by Gasteiger charge is -2.20. The van der Waals surface area contributed by atoms with E-state index in [9.17, 15) is 81.8 Å². The molecule has 2 atom stereocenters. The molecule has 3 amide bonds. The van der Waals surface area contributed by atoms with E-state index in [0.717, 1.165) is 116 Å². The number of carboxylic acids is 4. The largest absolute Gasteiger partial charge is 0.481 e. The van der Waals surface area contributed by atoms with Gasteiger partial charge in [-0.05, 0) is 99.3 Å². The number of aliphatic carboxylic acids is 4. The van der Waals surface area contributed by atoms with Gasteiger partial charge in [0, 0.05) is 116 Å². The number of Topliss-reactive ketones (excluding diaryl/α,β-unsaturated/α-hetero) is 9. The van der Waals surface area contributed by atoms with Gasteiger partial charge < -0.3 is 68.9 Å². The monoisotopic (exact) mass is 1710 g/mol. The number of carboxylic acid groups (broad SMARTS) is 4. The fourth-order valence-corrected chi connectivity index (χ4v) is 13.5. The van der Waals surface area contributed by atoms with Crippen molar-refractivity contribution in [2.75, 3.05) is 85.6 Å². The van der Waals surface area contributed by atoms with Crippen LogP contribution in [0, 0.1) is 11.8 Å². The van der Waals surface area contributed by atoms with E-state index in [2.05, 4.69) is 5.32 Å². The Bertz CT molecular complexity index is 2770. The first kappa shape index (κ1) is 117. The molecule has 120 heavy (non-hydrogen) atoms. The zero-order valence-corrected chi connectivity index (χ0v) is 75.3. The molecule has 0 saturated carbocycles. The third-order valence-corrected chi connectivity index (χ3v) is 20.8. The van der Waals surface area contributed by atoms with Crippen LogP contribution in [-0.4, -0.2) is 209 Å². The van der Waals surface area contributed by atoms with Gasteiger partial charge in [0.2, 0.25) is 17.7 Å². The van der Waals surface area contributed by atoms with E-state index >= 15 is 0 Å². The molecule has 0 aliphatic rings. The summed E-state index contributed by atoms with van der Waals surface area (Å²) in [6.07, 6.45) is 50.3. The lowest BCUT2D eigenvalue weighted by molar-refractivity contribution is -0.144. The predicted octanol–water partition coefficient (Wildman–Crippen LogP) is 17.5. The number of hydrogen-bond acceptors (Lipinski definition) is 20. The van der Waals surface area contributed by atoms with Crippen molar-refractivity contribution in [1.29, 1.82) is 0 Å². The predicted molar refractivity (Wildman–Crippen MR) is 465 cm³/mol. The van der Waals surface area contributed by atoms with Gasteiger partial charge in [-0.2, -0.15) is 0 Å². The second-order valence-electron chi connectivity index (χ2n) is 32.7. The van der Waals surface area contributed by atoms with E-state index in [1.807, 2.05) is 0 Å². The van der Waals surface area contributed by atoms with Crippen LogP contribution in [0.5, 0.6) is 0 Å². The SMILES string of the molecule is CC(=O)CCCCCCCCCCCCCCC(=O)N(CCC(C)=O)CC(=O)O.CC(=O)CCCCCCCCCCCCCCCCC(=O)N(CCC(C)=O)CC(=O)O.CC(=O)CC[C@H](CC(=O)COCCOCCCC(=O)COCCOCCNC(=O)CC[C@H](CC(=O)CCCCCCCCCCCCCCCCC(=O)O)C(=O)O)C(C)=O. The molecular weight excluding hydrogens is 1540 g/mol. The van der Waals surface area contributed by atoms with Crippen molar-refractivity contribution in [2.24, 2.45) is 11.8 Å². The fourth-order valence-electron chi connectivity index (χ4n) is 13.5. The molecule has 0 fully saturated rings. The van der Waals surface area contributed by atoms with Crippen LogP contribution in [0.15, 0.2) is 0 Å². The lowest BCUT2D eigenvalue weighted by atomic mass is 9.93. The first-order valence-corrected chi connectivity index (χ1v) is 46.0. The van der Waals surface area contributed by atoms with Gasteiger partial charge in [0.25, 0.3) is 0 Å². The third-order valence-electron chi connectivity index (χ3n) is 20.8. The molecule has 0 rings (SSSR count). The van der Waals surface area contributed by atoms with Crippen molar-refractivity contribution < 1.29 is 116 Å². The van der Waals surface area contributed by atoms with Gasteiger partial charge in [0.1, 0.15) is 66.8 Å². The van der Waals surface area contributed by atoms with Crippen molar-refractivity contribution >= 4 is 93.6 Å². The van der Waals surface area contributed by atoms with Crippen LogP contribution in [-0.2, 0) is 95.7 Å². The van der Waals surface area contributed by atoms with Crippen LogP contribution < -0.4 is 5.32 Å². The maximum absolute atomic E-state index is 12.4. The zero-order valence-electron chi connectivity index (χ0n) is 75.3. The number of carbonyl (C=O) groups excluding carboxylic acids is 12. The highest BCUT2D eigenvalue weighted by Crippen LogP contribution is 2.21. The van der Waals surface area contributed by atoms with E-state index in [0.29, 0.717) is 50.3 Å². The summed E-state index contributed by atoms with van der Waals surface area (Å²) in [7, 11) is 0. The maximum Gasteiger partial charge on any atom is 0.323 e. The van der Waals surface area contributed by atoms with Crippen LogP contribution in [0.1, 0.15) is 401 Å². The second kappa shape index (κ2) is 85.7. The minimum atomic E-state index is -1.07. The maximum atomic E-state index is 12.4. The molecule has 0 radical (unpaired) electrons. The highest BCUT2D eigenvalue weighted by molar-refractivity contribution is 5.88. The van der Waals surface area contributed by atoms with Gasteiger partial charge in [0.05, 0.1) is 39.0 Å². The summed E-state index contributed by atoms with van der Waals surface area (Å²) in [5.41, 5.74) is 0. The molecule has 0 aliphatic heterocycles. The summed E-state index contributed by atoms with van der Waals surface area (Å²) in [6, 6.07) is 0. The Balaban J connectivity index is -0.00000190. The lowest BCUT2D eigenvalue weighted by Crippen LogP contribution is -2.36. The molecule has 694 valence electrons. The average Bonchev–Trinajstić information content (AvgIpc) is 0.945. The molecule has 0 spiro atoms. The molecule has 0 heterocycles. The van der Waals surface area contributed by atoms with Crippen LogP contribution in [0.2, 0.25) is 0 Å². The van der Waals surface area contributed by atoms with E-state index in [-0.39, 0.29) is 195 Å². The summed E-state index contributed by atoms with van der Waals surface area (Å²) in [5.74, 6) is -5.87. The van der Waals surface area contributed by atoms with Crippen LogP contribution >= 0.6 is 0 Å². The number of ether oxygens (including phenoxy) is 4. The Labute approximate surface area is 720 Å². The number of nitrogens with one attached hydrogen (secondary N) is 1. The van der Waals surface area contributed by atoms with Crippen molar-refractivity contribution in [3.63, 3.8) is 0 Å². The van der Waals surface area contributed by atoms with Gasteiger partial charge in [-0.15, -0.1) is 0 Å². The normalized spacial score (nSPS) is 11.4. The number of nitrogens with zero attached hydrogens (tertiary/aromatic N) is 2. The number of amides is 3. The summed E-state index contributed by atoms with van der Waals surface area (Å²) in [6.45, 7) is 10.3. The Kier molecular flexibility index (Phi) is 83.8. The van der Waals surface area contributed by atoms with E-state index in [1.54, 1.807) is 13.8 Å². The second-order valence-corrected chi connectivity index (χ2v) is 32.7. The first-order chi connectivity index (χ1) is 57.5. The van der Waals surface area contributed by atoms with Crippen molar-refractivity contribution in [3.05, 3.63) is 0 Å². The Morgan fingerprint density at radius 2 is 0.558 bits per heavy atom. The standard InChI is InChI=1S/C45H77NO14.C25H45NO5.C23H41NO5/c1-36(47)21-22-38(37(2)48)32-42(51)35-60-30-28-57-26-17-19-41(50)34-59-31-29-58-27-25-46-43(52)24-23-39(45(55)56)33-40(49)18-15-13-11-9-7-5-3-4-6-8-10-12-14-16-20-44(53)54;1-22(27)17-15-13-11-9-7-5-3-4-6-8-10-12-14-16-18-24(29)26(21-25(30)31)20-19-23(2)28;1-20(25)15-13-11-9-7-5-3-4-6-8-10-12-14-16-22(27)24(19-23(28)29)18-17-21(2)26/h38-39H,3-35H2,1-2H3,(H,46,52)(H,53,54)(H,55,56);3-21H2,1-2H3,(H,30,31);3-19H2,1-2H3,(H,28,29)/t38-,39-;;/m1../s1. The summed E-state index contributed by atoms with van der Waals surface area (Å²) in [4.78, 5) is 186. The highest BCUT2D eigenvalue weighted by atomic mass is 16.5. The van der Waals surface area contributed by atoms with Crippen LogP contribution in [0.3, 0.4) is 0 Å². The minimum Gasteiger partial charge on any atom is -0.481 e. The Morgan fingerprint density at radius 3 is 0.892 bits per heavy atom. The number of hydrogen-bond donors (Lipinski definition) is 5. The molecule has 0 bridgehead atoms. The molecule has 0 unspecified atom stereocenters. The number of unbranched alkanes of at least 4 members (excludes halogenated alkanes) is 37. The van der Waals surface area contributed by atoms with E-state index in [1.165, 1.54) is 192 Å². The minimum absolute atomic E-state index is 0.00178. The average molecular weight is 1710 g/mol. The van der Waals surface area contributed by atoms with Crippen molar-refractivity contribution in [3.8, 4) is 0 Å². The molecule has 0 saturated heterocycles. The van der Waals surface area contributed by atoms with Crippen molar-refractivity contribution in [2.45, 2.75) is 401 Å². The van der Waals surface area contributed by atoms with Gasteiger partial charge >= 0.3 is 23.9 Å². The smallest absolute Gasteiger partial charge is 0.323 e. The molecule has 0 aromatic rings. The molecule has 0 aliphatic carbocycles. The third kappa shape index (κ3) is 90.4. The van der Waals surface area contributed by atoms with Crippen LogP contribution in [0.4, 0.5) is 0 Å². The summed E-state index contributed by atoms with van der Waals surface area (Å²) >= 11 is 0. The first-order valence-electron chi connectivity index (χ1n) is 46.0. The summed E-state index contributed by atoms with van der Waals surface area (Å²) in [5, 5.41) is 38.8. The van der Waals surface area contributed by atoms with Crippen molar-refractivity contribution in [1.82, 2.24) is 15.1 Å². The number of carbonyl (C=O) groups is 16. The molecule has 27 nitrogen and oxygen atoms in total. The van der Waals surface area contributed by atoms with E-state index < -0.39 is 35.7 Å². The Morgan fingerprint density at radius 1 is 0.267 bits per heavy atom.